The molecule has 28 heavy (non-hydrogen) atoms. The van der Waals surface area contributed by atoms with Crippen LogP contribution in [0.1, 0.15) is 50.5 Å². The SMILES string of the molecule is O=C(NC1CN2CCC1CC2)N(Cc1cccnc1)C1CCCCC1.O=CO. The van der Waals surface area contributed by atoms with Gasteiger partial charge in [-0.1, -0.05) is 25.3 Å². The molecule has 4 heterocycles. The Hall–Kier alpha value is -2.15. The van der Waals surface area contributed by atoms with Gasteiger partial charge in [-0.15, -0.1) is 0 Å². The van der Waals surface area contributed by atoms with Crippen LogP contribution < -0.4 is 5.32 Å². The van der Waals surface area contributed by atoms with Crippen LogP contribution in [0.3, 0.4) is 0 Å². The molecule has 5 rings (SSSR count). The molecular weight excluding hydrogens is 356 g/mol. The van der Waals surface area contributed by atoms with Crippen LogP contribution in [0, 0.1) is 5.92 Å². The number of hydrogen-bond acceptors (Lipinski definition) is 4. The van der Waals surface area contributed by atoms with Crippen molar-refractivity contribution in [2.45, 2.75) is 63.6 Å². The summed E-state index contributed by atoms with van der Waals surface area (Å²) in [6.07, 6.45) is 12.2. The highest BCUT2D eigenvalue weighted by atomic mass is 16.3. The minimum atomic E-state index is -0.250. The highest BCUT2D eigenvalue weighted by Crippen LogP contribution is 2.29. The molecule has 154 valence electrons. The molecule has 0 spiro atoms. The van der Waals surface area contributed by atoms with Gasteiger partial charge in [-0.2, -0.15) is 0 Å². The van der Waals surface area contributed by atoms with Gasteiger partial charge in [0.1, 0.15) is 0 Å². The van der Waals surface area contributed by atoms with E-state index in [-0.39, 0.29) is 12.5 Å². The van der Waals surface area contributed by atoms with Crippen LogP contribution >= 0.6 is 0 Å². The fraction of sp³-hybridized carbons (Fsp3) is 0.667. The Bertz CT molecular complexity index is 613. The van der Waals surface area contributed by atoms with E-state index in [0.717, 1.165) is 24.9 Å². The lowest BCUT2D eigenvalue weighted by Crippen LogP contribution is -2.60. The van der Waals surface area contributed by atoms with Gasteiger partial charge in [-0.25, -0.2) is 4.79 Å². The third-order valence-electron chi connectivity index (χ3n) is 6.32. The number of rotatable bonds is 4. The number of carbonyl (C=O) groups excluding carboxylic acids is 1. The zero-order valence-corrected chi connectivity index (χ0v) is 16.5. The van der Waals surface area contributed by atoms with Crippen LogP contribution in [0.2, 0.25) is 0 Å². The van der Waals surface area contributed by atoms with Crippen molar-refractivity contribution >= 4 is 12.5 Å². The zero-order valence-electron chi connectivity index (χ0n) is 16.5. The maximum atomic E-state index is 13.2. The standard InChI is InChI=1S/C20H30N4O.CH2O2/c25-20(22-19-15-23-11-8-17(19)9-12-23)24(18-6-2-1-3-7-18)14-16-5-4-10-21-13-16;2-1-3/h4-5,10,13,17-19H,1-3,6-9,11-12,14-15H2,(H,22,25);1H,(H,2,3). The summed E-state index contributed by atoms with van der Waals surface area (Å²) >= 11 is 0. The van der Waals surface area contributed by atoms with E-state index in [1.165, 1.54) is 45.2 Å². The Kier molecular flexibility index (Phi) is 7.65. The number of hydrogen-bond donors (Lipinski definition) is 2. The summed E-state index contributed by atoms with van der Waals surface area (Å²) in [7, 11) is 0. The molecule has 0 radical (unpaired) electrons. The Morgan fingerprint density at radius 3 is 2.54 bits per heavy atom. The number of nitrogens with one attached hydrogen (secondary N) is 1. The Morgan fingerprint density at radius 1 is 1.25 bits per heavy atom. The Balaban J connectivity index is 0.000000706. The average molecular weight is 389 g/mol. The van der Waals surface area contributed by atoms with Crippen LogP contribution in [0.5, 0.6) is 0 Å². The van der Waals surface area contributed by atoms with E-state index in [2.05, 4.69) is 26.2 Å². The molecule has 1 saturated carbocycles. The first-order valence-corrected chi connectivity index (χ1v) is 10.5. The van der Waals surface area contributed by atoms with Crippen LogP contribution in [0.25, 0.3) is 0 Å². The molecule has 0 aromatic carbocycles. The molecule has 3 aliphatic heterocycles. The molecule has 1 unspecified atom stereocenters. The fourth-order valence-electron chi connectivity index (χ4n) is 4.82. The van der Waals surface area contributed by atoms with Gasteiger partial charge in [-0.05, 0) is 56.3 Å². The highest BCUT2D eigenvalue weighted by Gasteiger charge is 2.36. The molecule has 1 aromatic rings. The monoisotopic (exact) mass is 388 g/mol. The average Bonchev–Trinajstić information content (AvgIpc) is 2.75. The van der Waals surface area contributed by atoms with Crippen molar-refractivity contribution in [1.82, 2.24) is 20.1 Å². The lowest BCUT2D eigenvalue weighted by Gasteiger charge is -2.46. The summed E-state index contributed by atoms with van der Waals surface area (Å²) in [5, 5.41) is 10.3. The van der Waals surface area contributed by atoms with E-state index in [0.29, 0.717) is 24.5 Å². The number of carboxylic acid groups (broad SMARTS) is 1. The number of nitrogens with zero attached hydrogens (tertiary/aromatic N) is 3. The number of amides is 2. The largest absolute Gasteiger partial charge is 0.483 e. The molecule has 2 N–H and O–H groups in total. The molecule has 2 bridgehead atoms. The molecular formula is C21H32N4O3. The molecule has 3 saturated heterocycles. The first-order valence-electron chi connectivity index (χ1n) is 10.5. The first kappa shape index (κ1) is 20.6. The van der Waals surface area contributed by atoms with Crippen molar-refractivity contribution in [3.05, 3.63) is 30.1 Å². The third-order valence-corrected chi connectivity index (χ3v) is 6.32. The first-order chi connectivity index (χ1) is 13.7. The summed E-state index contributed by atoms with van der Waals surface area (Å²) in [6.45, 7) is 3.87. The maximum absolute atomic E-state index is 13.2. The summed E-state index contributed by atoms with van der Waals surface area (Å²) in [4.78, 5) is 30.3. The van der Waals surface area contributed by atoms with Gasteiger partial charge < -0.3 is 20.2 Å². The molecule has 1 aliphatic carbocycles. The molecule has 4 aliphatic rings. The molecule has 1 atom stereocenters. The van der Waals surface area contributed by atoms with Gasteiger partial charge in [-0.3, -0.25) is 9.78 Å². The van der Waals surface area contributed by atoms with Crippen LogP contribution in [0.4, 0.5) is 4.79 Å². The van der Waals surface area contributed by atoms with Gasteiger partial charge >= 0.3 is 6.03 Å². The number of urea groups is 1. The lowest BCUT2D eigenvalue weighted by atomic mass is 9.84. The molecule has 7 nitrogen and oxygen atoms in total. The minimum Gasteiger partial charge on any atom is -0.483 e. The third kappa shape index (κ3) is 5.44. The van der Waals surface area contributed by atoms with E-state index >= 15 is 0 Å². The molecule has 4 fully saturated rings. The van der Waals surface area contributed by atoms with Crippen molar-refractivity contribution in [3.8, 4) is 0 Å². The predicted octanol–water partition coefficient (Wildman–Crippen LogP) is 2.72. The summed E-state index contributed by atoms with van der Waals surface area (Å²) in [5.41, 5.74) is 1.12. The molecule has 7 heteroatoms. The smallest absolute Gasteiger partial charge is 0.318 e. The number of carbonyl (C=O) groups is 2. The second-order valence-electron chi connectivity index (χ2n) is 8.08. The normalized spacial score (nSPS) is 26.6. The van der Waals surface area contributed by atoms with E-state index < -0.39 is 0 Å². The minimum absolute atomic E-state index is 0.134. The Labute approximate surface area is 167 Å². The van der Waals surface area contributed by atoms with E-state index in [4.69, 9.17) is 9.90 Å². The van der Waals surface area contributed by atoms with Gasteiger partial charge in [0.15, 0.2) is 0 Å². The van der Waals surface area contributed by atoms with E-state index in [9.17, 15) is 4.79 Å². The summed E-state index contributed by atoms with van der Waals surface area (Å²) in [5.74, 6) is 0.667. The van der Waals surface area contributed by atoms with Crippen molar-refractivity contribution in [3.63, 3.8) is 0 Å². The van der Waals surface area contributed by atoms with Crippen molar-refractivity contribution in [1.29, 1.82) is 0 Å². The Morgan fingerprint density at radius 2 is 1.96 bits per heavy atom. The second kappa shape index (κ2) is 10.4. The van der Waals surface area contributed by atoms with Gasteiger partial charge in [0.25, 0.3) is 6.47 Å². The van der Waals surface area contributed by atoms with Gasteiger partial charge in [0, 0.05) is 37.6 Å². The van der Waals surface area contributed by atoms with Crippen molar-refractivity contribution in [2.75, 3.05) is 19.6 Å². The topological polar surface area (TPSA) is 85.8 Å². The molecule has 1 aromatic heterocycles. The quantitative estimate of drug-likeness (QED) is 0.775. The van der Waals surface area contributed by atoms with Gasteiger partial charge in [0.2, 0.25) is 0 Å². The van der Waals surface area contributed by atoms with E-state index in [1.807, 2.05) is 12.3 Å². The predicted molar refractivity (Wildman–Crippen MR) is 107 cm³/mol. The second-order valence-corrected chi connectivity index (χ2v) is 8.08. The van der Waals surface area contributed by atoms with Crippen LogP contribution in [-0.4, -0.2) is 64.1 Å². The van der Waals surface area contributed by atoms with Gasteiger partial charge in [0.05, 0.1) is 0 Å². The fourth-order valence-corrected chi connectivity index (χ4v) is 4.82. The lowest BCUT2D eigenvalue weighted by molar-refractivity contribution is -0.122. The number of fused-ring (bicyclic) bond motifs is 3. The van der Waals surface area contributed by atoms with E-state index in [1.54, 1.807) is 6.20 Å². The number of aromatic nitrogens is 1. The zero-order chi connectivity index (χ0) is 19.8. The van der Waals surface area contributed by atoms with Crippen LogP contribution in [0.15, 0.2) is 24.5 Å². The highest BCUT2D eigenvalue weighted by molar-refractivity contribution is 5.75. The van der Waals surface area contributed by atoms with Crippen molar-refractivity contribution < 1.29 is 14.7 Å². The molecule has 2 amide bonds. The summed E-state index contributed by atoms with van der Waals surface area (Å²) < 4.78 is 0. The maximum Gasteiger partial charge on any atom is 0.318 e. The van der Waals surface area contributed by atoms with Crippen molar-refractivity contribution in [2.24, 2.45) is 5.92 Å². The number of piperidine rings is 3. The van der Waals surface area contributed by atoms with Crippen LogP contribution in [-0.2, 0) is 11.3 Å². The number of pyridine rings is 1. The summed E-state index contributed by atoms with van der Waals surface area (Å²) in [6, 6.07) is 4.86.